The first kappa shape index (κ1) is 23.7. The number of nitrogens with zero attached hydrogens (tertiary/aromatic N) is 3. The molecule has 8 heteroatoms. The Morgan fingerprint density at radius 3 is 2.42 bits per heavy atom. The number of carbonyl (C=O) groups is 1. The number of carboxylic acids is 1. The minimum Gasteiger partial charge on any atom is -0.490 e. The summed E-state index contributed by atoms with van der Waals surface area (Å²) in [5, 5.41) is 19.4. The molecule has 1 N–H and O–H groups in total. The minimum absolute atomic E-state index is 0.154. The maximum absolute atomic E-state index is 11.6. The summed E-state index contributed by atoms with van der Waals surface area (Å²) in [5.41, 5.74) is 1.37. The number of hydrogen-bond acceptors (Lipinski definition) is 5. The molecule has 2 fully saturated rings. The summed E-state index contributed by atoms with van der Waals surface area (Å²) in [6.45, 7) is 4.66. The van der Waals surface area contributed by atoms with Crippen LogP contribution < -0.4 is 9.64 Å². The van der Waals surface area contributed by atoms with E-state index in [0.717, 1.165) is 58.4 Å². The van der Waals surface area contributed by atoms with Gasteiger partial charge in [0, 0.05) is 38.8 Å². The van der Waals surface area contributed by atoms with Crippen LogP contribution in [-0.2, 0) is 0 Å². The van der Waals surface area contributed by atoms with Crippen molar-refractivity contribution in [2.75, 3.05) is 37.6 Å². The van der Waals surface area contributed by atoms with E-state index in [1.807, 2.05) is 0 Å². The third-order valence-electron chi connectivity index (χ3n) is 6.56. The number of benzene rings is 2. The van der Waals surface area contributed by atoms with Gasteiger partial charge in [-0.15, -0.1) is 0 Å². The quantitative estimate of drug-likeness (QED) is 0.593. The van der Waals surface area contributed by atoms with Gasteiger partial charge >= 0.3 is 5.97 Å². The molecule has 0 amide bonds. The predicted octanol–water partition coefficient (Wildman–Crippen LogP) is 5.32. The molecular formula is C25H27Cl2N3O3. The number of nitriles is 1. The molecule has 4 rings (SSSR count). The highest BCUT2D eigenvalue weighted by Gasteiger charge is 2.28. The monoisotopic (exact) mass is 487 g/mol. The lowest BCUT2D eigenvalue weighted by Crippen LogP contribution is -2.43. The van der Waals surface area contributed by atoms with E-state index < -0.39 is 5.97 Å². The van der Waals surface area contributed by atoms with Gasteiger partial charge in [0.1, 0.15) is 17.9 Å². The predicted molar refractivity (Wildman–Crippen MR) is 130 cm³/mol. The molecule has 174 valence electrons. The molecule has 2 heterocycles. The summed E-state index contributed by atoms with van der Waals surface area (Å²) in [6, 6.07) is 12.3. The number of piperidine rings is 2. The first-order chi connectivity index (χ1) is 15.9. The number of likely N-dealkylation sites (tertiary alicyclic amines) is 1. The van der Waals surface area contributed by atoms with Crippen molar-refractivity contribution >= 4 is 34.9 Å². The summed E-state index contributed by atoms with van der Waals surface area (Å²) in [4.78, 5) is 16.2. The van der Waals surface area contributed by atoms with Crippen LogP contribution in [0.1, 0.15) is 41.6 Å². The first-order valence-electron chi connectivity index (χ1n) is 11.3. The van der Waals surface area contributed by atoms with Crippen molar-refractivity contribution in [3.05, 3.63) is 57.6 Å². The molecule has 33 heavy (non-hydrogen) atoms. The summed E-state index contributed by atoms with van der Waals surface area (Å²) >= 11 is 12.5. The van der Waals surface area contributed by atoms with E-state index in [1.54, 1.807) is 36.4 Å². The van der Waals surface area contributed by atoms with Crippen molar-refractivity contribution < 1.29 is 14.6 Å². The standard InChI is InChI=1S/C25H27Cl2N3O3/c26-22-3-1-2-21(25(31)32)24(22)30-12-6-17(7-13-30)16-29-10-8-19(9-11-29)33-20-5-4-18(15-28)23(27)14-20/h1-5,14,17,19H,6-13,16H2,(H,31,32). The van der Waals surface area contributed by atoms with Gasteiger partial charge in [-0.05, 0) is 55.9 Å². The van der Waals surface area contributed by atoms with Crippen LogP contribution in [0.4, 0.5) is 5.69 Å². The van der Waals surface area contributed by atoms with Crippen LogP contribution in [0.2, 0.25) is 10.0 Å². The maximum atomic E-state index is 11.6. The van der Waals surface area contributed by atoms with E-state index in [-0.39, 0.29) is 11.7 Å². The van der Waals surface area contributed by atoms with Crippen molar-refractivity contribution in [1.29, 1.82) is 5.26 Å². The number of anilines is 1. The van der Waals surface area contributed by atoms with Crippen LogP contribution in [0.5, 0.6) is 5.75 Å². The third kappa shape index (κ3) is 5.73. The van der Waals surface area contributed by atoms with Gasteiger partial charge in [-0.2, -0.15) is 5.26 Å². The van der Waals surface area contributed by atoms with Crippen molar-refractivity contribution in [3.63, 3.8) is 0 Å². The molecule has 2 aromatic carbocycles. The zero-order valence-corrected chi connectivity index (χ0v) is 19.9. The Bertz CT molecular complexity index is 1040. The molecule has 0 saturated carbocycles. The summed E-state index contributed by atoms with van der Waals surface area (Å²) in [6.07, 6.45) is 4.10. The van der Waals surface area contributed by atoms with Crippen LogP contribution in [-0.4, -0.2) is 54.8 Å². The second kappa shape index (κ2) is 10.6. The van der Waals surface area contributed by atoms with E-state index in [4.69, 9.17) is 33.2 Å². The second-order valence-corrected chi connectivity index (χ2v) is 9.56. The van der Waals surface area contributed by atoms with Crippen molar-refractivity contribution in [2.24, 2.45) is 5.92 Å². The Balaban J connectivity index is 1.24. The van der Waals surface area contributed by atoms with Crippen LogP contribution >= 0.6 is 23.2 Å². The van der Waals surface area contributed by atoms with Crippen LogP contribution in [0, 0.1) is 17.2 Å². The zero-order chi connectivity index (χ0) is 23.4. The van der Waals surface area contributed by atoms with E-state index in [1.165, 1.54) is 0 Å². The van der Waals surface area contributed by atoms with Gasteiger partial charge in [-0.25, -0.2) is 4.79 Å². The fourth-order valence-corrected chi connectivity index (χ4v) is 5.28. The van der Waals surface area contributed by atoms with Crippen LogP contribution in [0.25, 0.3) is 0 Å². The van der Waals surface area contributed by atoms with Crippen molar-refractivity contribution in [2.45, 2.75) is 31.8 Å². The fraction of sp³-hybridized carbons (Fsp3) is 0.440. The topological polar surface area (TPSA) is 76.8 Å². The molecule has 2 aromatic rings. The lowest BCUT2D eigenvalue weighted by Gasteiger charge is -2.38. The lowest BCUT2D eigenvalue weighted by molar-refractivity contribution is 0.0697. The minimum atomic E-state index is -0.942. The van der Waals surface area contributed by atoms with Crippen LogP contribution in [0.3, 0.4) is 0 Å². The average molecular weight is 488 g/mol. The molecule has 0 aliphatic carbocycles. The van der Waals surface area contributed by atoms with E-state index in [0.29, 0.717) is 33.0 Å². The highest BCUT2D eigenvalue weighted by molar-refractivity contribution is 6.34. The summed E-state index contributed by atoms with van der Waals surface area (Å²) in [7, 11) is 0. The fourth-order valence-electron chi connectivity index (χ4n) is 4.78. The van der Waals surface area contributed by atoms with E-state index in [9.17, 15) is 9.90 Å². The number of rotatable bonds is 6. The van der Waals surface area contributed by atoms with Gasteiger partial charge in [0.25, 0.3) is 0 Å². The van der Waals surface area contributed by atoms with Crippen molar-refractivity contribution in [3.8, 4) is 11.8 Å². The van der Waals surface area contributed by atoms with Gasteiger partial charge in [0.2, 0.25) is 0 Å². The normalized spacial score (nSPS) is 18.2. The van der Waals surface area contributed by atoms with E-state index >= 15 is 0 Å². The average Bonchev–Trinajstić information content (AvgIpc) is 2.81. The molecule has 0 bridgehead atoms. The molecule has 2 aliphatic heterocycles. The van der Waals surface area contributed by atoms with Crippen molar-refractivity contribution in [1.82, 2.24) is 4.90 Å². The maximum Gasteiger partial charge on any atom is 0.337 e. The highest BCUT2D eigenvalue weighted by Crippen LogP contribution is 2.33. The molecule has 2 saturated heterocycles. The number of aromatic carboxylic acids is 1. The molecule has 0 radical (unpaired) electrons. The number of carboxylic acid groups (broad SMARTS) is 1. The molecule has 0 unspecified atom stereocenters. The number of ether oxygens (including phenoxy) is 1. The number of para-hydroxylation sites is 1. The van der Waals surface area contributed by atoms with Gasteiger partial charge in [0.05, 0.1) is 26.9 Å². The molecule has 0 aromatic heterocycles. The lowest BCUT2D eigenvalue weighted by atomic mass is 9.94. The Morgan fingerprint density at radius 2 is 1.79 bits per heavy atom. The zero-order valence-electron chi connectivity index (χ0n) is 18.3. The highest BCUT2D eigenvalue weighted by atomic mass is 35.5. The van der Waals surface area contributed by atoms with Gasteiger partial charge in [-0.3, -0.25) is 0 Å². The third-order valence-corrected chi connectivity index (χ3v) is 7.18. The Labute approximate surface area is 204 Å². The smallest absolute Gasteiger partial charge is 0.337 e. The van der Waals surface area contributed by atoms with Gasteiger partial charge in [0.15, 0.2) is 0 Å². The van der Waals surface area contributed by atoms with Crippen LogP contribution in [0.15, 0.2) is 36.4 Å². The number of hydrogen-bond donors (Lipinski definition) is 1. The summed E-state index contributed by atoms with van der Waals surface area (Å²) in [5.74, 6) is 0.361. The summed E-state index contributed by atoms with van der Waals surface area (Å²) < 4.78 is 6.09. The number of halogens is 2. The largest absolute Gasteiger partial charge is 0.490 e. The molecule has 0 atom stereocenters. The molecule has 6 nitrogen and oxygen atoms in total. The Hall–Kier alpha value is -2.46. The molecular weight excluding hydrogens is 461 g/mol. The van der Waals surface area contributed by atoms with Gasteiger partial charge in [-0.1, -0.05) is 29.3 Å². The molecule has 0 spiro atoms. The molecule has 2 aliphatic rings. The first-order valence-corrected chi connectivity index (χ1v) is 12.1. The Kier molecular flexibility index (Phi) is 7.64. The second-order valence-electron chi connectivity index (χ2n) is 8.74. The van der Waals surface area contributed by atoms with Gasteiger partial charge < -0.3 is 19.6 Å². The van der Waals surface area contributed by atoms with E-state index in [2.05, 4.69) is 15.9 Å². The Morgan fingerprint density at radius 1 is 1.06 bits per heavy atom. The SMILES string of the molecule is N#Cc1ccc(OC2CCN(CC3CCN(c4c(Cl)cccc4C(=O)O)CC3)CC2)cc1Cl.